The largest absolute Gasteiger partial charge is 0.378 e. The summed E-state index contributed by atoms with van der Waals surface area (Å²) in [7, 11) is 0. The number of fused-ring (bicyclic) bond motifs is 2. The molecule has 2 saturated heterocycles. The van der Waals surface area contributed by atoms with Crippen LogP contribution in [0.4, 0.5) is 5.13 Å². The highest BCUT2D eigenvalue weighted by Crippen LogP contribution is 2.44. The van der Waals surface area contributed by atoms with Crippen LogP contribution in [0.15, 0.2) is 11.4 Å². The van der Waals surface area contributed by atoms with E-state index in [0.717, 1.165) is 83.4 Å². The number of thiophene rings is 1. The molecule has 0 unspecified atom stereocenters. The molecule has 3 aliphatic rings. The quantitative estimate of drug-likeness (QED) is 0.756. The predicted octanol–water partition coefficient (Wildman–Crippen LogP) is 3.67. The lowest BCUT2D eigenvalue weighted by Crippen LogP contribution is -2.45. The van der Waals surface area contributed by atoms with Gasteiger partial charge in [-0.1, -0.05) is 6.92 Å². The molecule has 0 saturated carbocycles. The highest BCUT2D eigenvalue weighted by Gasteiger charge is 2.41. The maximum atomic E-state index is 6.42. The van der Waals surface area contributed by atoms with E-state index in [9.17, 15) is 0 Å². The van der Waals surface area contributed by atoms with Crippen LogP contribution in [0.3, 0.4) is 0 Å². The van der Waals surface area contributed by atoms with E-state index in [0.29, 0.717) is 0 Å². The zero-order valence-corrected chi connectivity index (χ0v) is 18.2. The number of aromatic nitrogens is 1. The van der Waals surface area contributed by atoms with Crippen molar-refractivity contribution in [1.82, 2.24) is 9.88 Å². The Morgan fingerprint density at radius 2 is 1.96 bits per heavy atom. The fourth-order valence-corrected chi connectivity index (χ4v) is 6.68. The topological polar surface area (TPSA) is 37.8 Å². The average molecular weight is 420 g/mol. The highest BCUT2D eigenvalue weighted by molar-refractivity contribution is 7.13. The Kier molecular flexibility index (Phi) is 5.45. The van der Waals surface area contributed by atoms with Crippen molar-refractivity contribution < 1.29 is 9.47 Å². The molecule has 28 heavy (non-hydrogen) atoms. The SMILES string of the molecule is CCc1cc2c(s1)CCOC21CCN(Cc2csc(N3CCOCC3)n2)CC1. The van der Waals surface area contributed by atoms with Crippen LogP contribution in [0, 0.1) is 0 Å². The molecule has 2 aromatic rings. The van der Waals surface area contributed by atoms with Crippen molar-refractivity contribution in [1.29, 1.82) is 0 Å². The number of piperidine rings is 1. The van der Waals surface area contributed by atoms with Crippen LogP contribution < -0.4 is 4.90 Å². The molecule has 152 valence electrons. The van der Waals surface area contributed by atoms with Gasteiger partial charge in [0.05, 0.1) is 31.1 Å². The highest BCUT2D eigenvalue weighted by atomic mass is 32.1. The van der Waals surface area contributed by atoms with E-state index < -0.39 is 0 Å². The van der Waals surface area contributed by atoms with Crippen molar-refractivity contribution in [2.45, 2.75) is 44.8 Å². The Morgan fingerprint density at radius 3 is 2.75 bits per heavy atom. The molecule has 1 spiro atoms. The number of morpholine rings is 1. The van der Waals surface area contributed by atoms with Crippen molar-refractivity contribution >= 4 is 27.8 Å². The maximum Gasteiger partial charge on any atom is 0.185 e. The molecule has 0 atom stereocenters. The summed E-state index contributed by atoms with van der Waals surface area (Å²) in [5.74, 6) is 0. The fourth-order valence-electron chi connectivity index (χ4n) is 4.63. The number of rotatable bonds is 4. The van der Waals surface area contributed by atoms with Crippen molar-refractivity contribution in [3.63, 3.8) is 0 Å². The summed E-state index contributed by atoms with van der Waals surface area (Å²) in [6.07, 6.45) is 4.42. The summed E-state index contributed by atoms with van der Waals surface area (Å²) in [6, 6.07) is 2.43. The van der Waals surface area contributed by atoms with Crippen LogP contribution in [0.2, 0.25) is 0 Å². The fraction of sp³-hybridized carbons (Fsp3) is 0.667. The van der Waals surface area contributed by atoms with Gasteiger partial charge < -0.3 is 14.4 Å². The second-order valence-corrected chi connectivity index (χ2v) is 10.1. The minimum atomic E-state index is -0.0327. The van der Waals surface area contributed by atoms with Crippen molar-refractivity contribution in [3.05, 3.63) is 32.5 Å². The van der Waals surface area contributed by atoms with Crippen molar-refractivity contribution in [3.8, 4) is 0 Å². The Balaban J connectivity index is 1.22. The minimum absolute atomic E-state index is 0.0327. The lowest BCUT2D eigenvalue weighted by molar-refractivity contribution is -0.0981. The lowest BCUT2D eigenvalue weighted by Gasteiger charge is -2.44. The Hall–Kier alpha value is -0.990. The summed E-state index contributed by atoms with van der Waals surface area (Å²) in [5.41, 5.74) is 2.68. The van der Waals surface area contributed by atoms with Gasteiger partial charge in [-0.3, -0.25) is 4.90 Å². The summed E-state index contributed by atoms with van der Waals surface area (Å²) in [6.45, 7) is 9.80. The van der Waals surface area contributed by atoms with Crippen LogP contribution in [-0.4, -0.2) is 55.9 Å². The second kappa shape index (κ2) is 8.03. The van der Waals surface area contributed by atoms with Gasteiger partial charge in [-0.15, -0.1) is 22.7 Å². The molecule has 0 aromatic carbocycles. The summed E-state index contributed by atoms with van der Waals surface area (Å²) in [4.78, 5) is 12.9. The van der Waals surface area contributed by atoms with Gasteiger partial charge in [0.15, 0.2) is 5.13 Å². The van der Waals surface area contributed by atoms with Crippen LogP contribution in [0.25, 0.3) is 0 Å². The van der Waals surface area contributed by atoms with Gasteiger partial charge in [-0.25, -0.2) is 4.98 Å². The van der Waals surface area contributed by atoms with Crippen molar-refractivity contribution in [2.75, 3.05) is 50.9 Å². The molecule has 5 rings (SSSR count). The molecule has 5 nitrogen and oxygen atoms in total. The number of hydrogen-bond acceptors (Lipinski definition) is 7. The van der Waals surface area contributed by atoms with Gasteiger partial charge in [-0.05, 0) is 30.9 Å². The summed E-state index contributed by atoms with van der Waals surface area (Å²) in [5, 5.41) is 3.38. The average Bonchev–Trinajstić information content (AvgIpc) is 3.38. The molecule has 0 aliphatic carbocycles. The number of aryl methyl sites for hydroxylation is 1. The third-order valence-corrected chi connectivity index (χ3v) is 8.57. The predicted molar refractivity (Wildman–Crippen MR) is 115 cm³/mol. The second-order valence-electron chi connectivity index (χ2n) is 7.99. The zero-order chi connectivity index (χ0) is 19.0. The van der Waals surface area contributed by atoms with E-state index in [2.05, 4.69) is 28.2 Å². The van der Waals surface area contributed by atoms with Gasteiger partial charge in [-0.2, -0.15) is 0 Å². The normalized spacial score (nSPS) is 22.5. The van der Waals surface area contributed by atoms with Gasteiger partial charge in [0.25, 0.3) is 0 Å². The maximum absolute atomic E-state index is 6.42. The van der Waals surface area contributed by atoms with Gasteiger partial charge >= 0.3 is 0 Å². The van der Waals surface area contributed by atoms with Crippen LogP contribution in [0.1, 0.15) is 40.8 Å². The van der Waals surface area contributed by atoms with E-state index in [1.807, 2.05) is 11.3 Å². The van der Waals surface area contributed by atoms with E-state index in [1.54, 1.807) is 16.2 Å². The minimum Gasteiger partial charge on any atom is -0.378 e. The first kappa shape index (κ1) is 19.0. The Bertz CT molecular complexity index is 804. The summed E-state index contributed by atoms with van der Waals surface area (Å²) < 4.78 is 11.9. The van der Waals surface area contributed by atoms with Crippen LogP contribution in [-0.2, 0) is 34.5 Å². The molecule has 3 aliphatic heterocycles. The molecule has 0 amide bonds. The summed E-state index contributed by atoms with van der Waals surface area (Å²) >= 11 is 3.78. The van der Waals surface area contributed by atoms with E-state index in [1.165, 1.54) is 16.1 Å². The third kappa shape index (κ3) is 3.63. The number of thiazole rings is 1. The molecule has 2 fully saturated rings. The molecule has 0 radical (unpaired) electrons. The van der Waals surface area contributed by atoms with Crippen molar-refractivity contribution in [2.24, 2.45) is 0 Å². The number of likely N-dealkylation sites (tertiary alicyclic amines) is 1. The standard InChI is InChI=1S/C21H29N3O2S2/c1-2-17-13-18-19(28-17)3-10-26-21(18)4-6-23(7-5-21)14-16-15-27-20(22-16)24-8-11-25-12-9-24/h13,15H,2-12,14H2,1H3. The van der Waals surface area contributed by atoms with E-state index in [-0.39, 0.29) is 5.60 Å². The Morgan fingerprint density at radius 1 is 1.14 bits per heavy atom. The molecule has 0 bridgehead atoms. The molecular formula is C21H29N3O2S2. The lowest BCUT2D eigenvalue weighted by atomic mass is 9.82. The number of ether oxygens (including phenoxy) is 2. The third-order valence-electron chi connectivity index (χ3n) is 6.28. The smallest absolute Gasteiger partial charge is 0.185 e. The molecule has 5 heterocycles. The number of hydrogen-bond donors (Lipinski definition) is 0. The van der Waals surface area contributed by atoms with Gasteiger partial charge in [0.2, 0.25) is 0 Å². The monoisotopic (exact) mass is 419 g/mol. The molecule has 2 aromatic heterocycles. The first-order chi connectivity index (χ1) is 13.8. The first-order valence-corrected chi connectivity index (χ1v) is 12.2. The molecular weight excluding hydrogens is 390 g/mol. The van der Waals surface area contributed by atoms with Gasteiger partial charge in [0, 0.05) is 54.3 Å². The number of anilines is 1. The van der Waals surface area contributed by atoms with E-state index in [4.69, 9.17) is 14.5 Å². The first-order valence-electron chi connectivity index (χ1n) is 10.5. The van der Waals surface area contributed by atoms with Crippen LogP contribution >= 0.6 is 22.7 Å². The van der Waals surface area contributed by atoms with Crippen LogP contribution in [0.5, 0.6) is 0 Å². The van der Waals surface area contributed by atoms with Gasteiger partial charge in [0.1, 0.15) is 0 Å². The molecule has 7 heteroatoms. The number of nitrogens with zero attached hydrogens (tertiary/aromatic N) is 3. The Labute approximate surface area is 175 Å². The zero-order valence-electron chi connectivity index (χ0n) is 16.6. The van der Waals surface area contributed by atoms with E-state index >= 15 is 0 Å². The molecule has 0 N–H and O–H groups in total.